The Balaban J connectivity index is 2.13. The summed E-state index contributed by atoms with van der Waals surface area (Å²) in [7, 11) is -3.61. The molecule has 0 spiro atoms. The van der Waals surface area contributed by atoms with E-state index in [1.54, 1.807) is 6.07 Å². The van der Waals surface area contributed by atoms with Crippen molar-refractivity contribution in [3.05, 3.63) is 40.8 Å². The molecule has 1 aromatic carbocycles. The maximum absolute atomic E-state index is 12.4. The molecule has 132 valence electrons. The van der Waals surface area contributed by atoms with Crippen molar-refractivity contribution in [2.75, 3.05) is 13.1 Å². The van der Waals surface area contributed by atoms with Crippen molar-refractivity contribution in [3.8, 4) is 0 Å². The minimum atomic E-state index is -3.61. The Bertz CT molecular complexity index is 848. The van der Waals surface area contributed by atoms with Crippen molar-refractivity contribution in [1.82, 2.24) is 9.62 Å². The first-order valence-corrected chi connectivity index (χ1v) is 9.48. The lowest BCUT2D eigenvalue weighted by molar-refractivity contribution is 0.179. The van der Waals surface area contributed by atoms with Gasteiger partial charge in [-0.25, -0.2) is 17.9 Å². The summed E-state index contributed by atoms with van der Waals surface area (Å²) in [5.74, 6) is 0. The Hall–Kier alpha value is -1.70. The Labute approximate surface area is 142 Å². The maximum Gasteiger partial charge on any atom is 0.336 e. The number of hydrogen-bond donors (Lipinski definition) is 1. The van der Waals surface area contributed by atoms with Gasteiger partial charge in [-0.15, -0.1) is 0 Å². The highest BCUT2D eigenvalue weighted by Gasteiger charge is 2.17. The molecule has 0 saturated carbocycles. The Kier molecular flexibility index (Phi) is 5.79. The lowest BCUT2D eigenvalue weighted by atomic mass is 10.2. The molecule has 0 aliphatic carbocycles. The third-order valence-corrected chi connectivity index (χ3v) is 5.35. The molecule has 0 amide bonds. The zero-order chi connectivity index (χ0) is 17.9. The molecule has 1 N–H and O–H groups in total. The van der Waals surface area contributed by atoms with Gasteiger partial charge >= 0.3 is 5.63 Å². The first-order chi connectivity index (χ1) is 11.2. The molecule has 0 saturated heterocycles. The van der Waals surface area contributed by atoms with Gasteiger partial charge in [0.15, 0.2) is 0 Å². The van der Waals surface area contributed by atoms with Crippen LogP contribution in [0.15, 0.2) is 44.4 Å². The molecule has 0 bridgehead atoms. The molecule has 0 atom stereocenters. The molecular weight excluding hydrogens is 328 g/mol. The molecule has 1 aromatic heterocycles. The smallest absolute Gasteiger partial charge is 0.336 e. The van der Waals surface area contributed by atoms with Gasteiger partial charge in [0.1, 0.15) is 5.58 Å². The third-order valence-electron chi connectivity index (χ3n) is 3.89. The fraction of sp³-hybridized carbons (Fsp3) is 0.471. The predicted molar refractivity (Wildman–Crippen MR) is 94.7 cm³/mol. The summed E-state index contributed by atoms with van der Waals surface area (Å²) >= 11 is 0. The molecule has 0 aliphatic heterocycles. The average molecular weight is 352 g/mol. The summed E-state index contributed by atoms with van der Waals surface area (Å²) in [5, 5.41) is 0.573. The minimum Gasteiger partial charge on any atom is -0.423 e. The summed E-state index contributed by atoms with van der Waals surface area (Å²) < 4.78 is 32.5. The van der Waals surface area contributed by atoms with Crippen molar-refractivity contribution in [3.63, 3.8) is 0 Å². The standard InChI is InChI=1S/C17H24N2O4S/c1-12(2)19(13(3)4)10-9-18-24(21,22)15-6-7-16-14(11-15)5-8-17(20)23-16/h5-8,11-13,18H,9-10H2,1-4H3. The summed E-state index contributed by atoms with van der Waals surface area (Å²) in [5.41, 5.74) is -0.0917. The molecule has 24 heavy (non-hydrogen) atoms. The van der Waals surface area contributed by atoms with E-state index < -0.39 is 15.6 Å². The van der Waals surface area contributed by atoms with Crippen LogP contribution in [-0.4, -0.2) is 38.5 Å². The van der Waals surface area contributed by atoms with Gasteiger partial charge in [0.2, 0.25) is 10.0 Å². The van der Waals surface area contributed by atoms with Crippen molar-refractivity contribution < 1.29 is 12.8 Å². The van der Waals surface area contributed by atoms with E-state index in [0.29, 0.717) is 36.1 Å². The maximum atomic E-state index is 12.4. The predicted octanol–water partition coefficient (Wildman–Crippen LogP) is 2.19. The van der Waals surface area contributed by atoms with E-state index in [1.807, 2.05) is 0 Å². The normalized spacial score (nSPS) is 12.6. The molecule has 0 radical (unpaired) electrons. The number of hydrogen-bond acceptors (Lipinski definition) is 5. The van der Waals surface area contributed by atoms with Gasteiger partial charge in [0, 0.05) is 36.6 Å². The monoisotopic (exact) mass is 352 g/mol. The quantitative estimate of drug-likeness (QED) is 0.773. The van der Waals surface area contributed by atoms with Crippen LogP contribution in [0, 0.1) is 0 Å². The first-order valence-electron chi connectivity index (χ1n) is 8.00. The van der Waals surface area contributed by atoms with Crippen LogP contribution in [0.1, 0.15) is 27.7 Å². The number of nitrogens with zero attached hydrogens (tertiary/aromatic N) is 1. The van der Waals surface area contributed by atoms with Crippen LogP contribution in [-0.2, 0) is 10.0 Å². The number of rotatable bonds is 7. The lowest BCUT2D eigenvalue weighted by Crippen LogP contribution is -2.42. The van der Waals surface area contributed by atoms with E-state index in [1.165, 1.54) is 24.3 Å². The van der Waals surface area contributed by atoms with Crippen LogP contribution in [0.2, 0.25) is 0 Å². The SMILES string of the molecule is CC(C)N(CCNS(=O)(=O)c1ccc2oc(=O)ccc2c1)C(C)C. The molecule has 0 fully saturated rings. The van der Waals surface area contributed by atoms with Gasteiger partial charge in [-0.3, -0.25) is 4.90 Å². The topological polar surface area (TPSA) is 79.6 Å². The summed E-state index contributed by atoms with van der Waals surface area (Å²) in [6, 6.07) is 7.96. The third kappa shape index (κ3) is 4.43. The van der Waals surface area contributed by atoms with E-state index in [-0.39, 0.29) is 4.90 Å². The molecular formula is C17H24N2O4S. The molecule has 1 heterocycles. The lowest BCUT2D eigenvalue weighted by Gasteiger charge is -2.30. The Morgan fingerprint density at radius 3 is 2.38 bits per heavy atom. The van der Waals surface area contributed by atoms with Gasteiger partial charge in [0.05, 0.1) is 4.90 Å². The summed E-state index contributed by atoms with van der Waals surface area (Å²) in [4.78, 5) is 13.6. The first kappa shape index (κ1) is 18.6. The summed E-state index contributed by atoms with van der Waals surface area (Å²) in [6.07, 6.45) is 0. The molecule has 7 heteroatoms. The molecule has 0 unspecified atom stereocenters. The molecule has 0 aliphatic rings. The number of sulfonamides is 1. The molecule has 6 nitrogen and oxygen atoms in total. The van der Waals surface area contributed by atoms with E-state index >= 15 is 0 Å². The van der Waals surface area contributed by atoms with Crippen molar-refractivity contribution >= 4 is 21.0 Å². The second-order valence-electron chi connectivity index (χ2n) is 6.28. The van der Waals surface area contributed by atoms with Gasteiger partial charge in [-0.1, -0.05) is 0 Å². The number of fused-ring (bicyclic) bond motifs is 1. The highest BCUT2D eigenvalue weighted by atomic mass is 32.2. The highest BCUT2D eigenvalue weighted by Crippen LogP contribution is 2.17. The van der Waals surface area contributed by atoms with Gasteiger partial charge < -0.3 is 4.42 Å². The highest BCUT2D eigenvalue weighted by molar-refractivity contribution is 7.89. The van der Waals surface area contributed by atoms with Crippen LogP contribution in [0.25, 0.3) is 11.0 Å². The zero-order valence-electron chi connectivity index (χ0n) is 14.4. The van der Waals surface area contributed by atoms with Gasteiger partial charge in [-0.2, -0.15) is 0 Å². The van der Waals surface area contributed by atoms with E-state index in [4.69, 9.17) is 4.42 Å². The Morgan fingerprint density at radius 1 is 1.08 bits per heavy atom. The fourth-order valence-corrected chi connectivity index (χ4v) is 3.78. The second-order valence-corrected chi connectivity index (χ2v) is 8.04. The summed E-state index contributed by atoms with van der Waals surface area (Å²) in [6.45, 7) is 9.33. The molecule has 2 aromatic rings. The van der Waals surface area contributed by atoms with Crippen molar-refractivity contribution in [2.45, 2.75) is 44.7 Å². The van der Waals surface area contributed by atoms with Crippen LogP contribution >= 0.6 is 0 Å². The van der Waals surface area contributed by atoms with Crippen LogP contribution in [0.4, 0.5) is 0 Å². The zero-order valence-corrected chi connectivity index (χ0v) is 15.3. The van der Waals surface area contributed by atoms with E-state index in [2.05, 4.69) is 37.3 Å². The van der Waals surface area contributed by atoms with Crippen LogP contribution in [0.5, 0.6) is 0 Å². The van der Waals surface area contributed by atoms with Crippen molar-refractivity contribution in [1.29, 1.82) is 0 Å². The fourth-order valence-electron chi connectivity index (χ4n) is 2.72. The Morgan fingerprint density at radius 2 is 1.75 bits per heavy atom. The van der Waals surface area contributed by atoms with Crippen LogP contribution in [0.3, 0.4) is 0 Å². The second kappa shape index (κ2) is 7.46. The van der Waals surface area contributed by atoms with E-state index in [9.17, 15) is 13.2 Å². The largest absolute Gasteiger partial charge is 0.423 e. The number of nitrogens with one attached hydrogen (secondary N) is 1. The van der Waals surface area contributed by atoms with E-state index in [0.717, 1.165) is 0 Å². The average Bonchev–Trinajstić information content (AvgIpc) is 2.50. The van der Waals surface area contributed by atoms with Gasteiger partial charge in [-0.05, 0) is 52.0 Å². The molecule has 2 rings (SSSR count). The van der Waals surface area contributed by atoms with Gasteiger partial charge in [0.25, 0.3) is 0 Å². The van der Waals surface area contributed by atoms with Crippen molar-refractivity contribution in [2.24, 2.45) is 0 Å². The van der Waals surface area contributed by atoms with Crippen LogP contribution < -0.4 is 10.3 Å². The number of benzene rings is 1. The minimum absolute atomic E-state index is 0.157.